The number of carbonyl (C=O) groups is 1. The molecule has 0 aromatic heterocycles. The predicted molar refractivity (Wildman–Crippen MR) is 111 cm³/mol. The first-order valence-electron chi connectivity index (χ1n) is 9.36. The summed E-state index contributed by atoms with van der Waals surface area (Å²) in [4.78, 5) is 16.9. The lowest BCUT2D eigenvalue weighted by Gasteiger charge is -2.25. The highest BCUT2D eigenvalue weighted by Crippen LogP contribution is 2.36. The number of esters is 1. The number of ether oxygens (including phenoxy) is 3. The number of rotatable bonds is 7. The highest BCUT2D eigenvalue weighted by Gasteiger charge is 2.30. The first-order valence-corrected chi connectivity index (χ1v) is 9.36. The fraction of sp³-hybridized carbons (Fsp3) is 0.273. The average molecular weight is 395 g/mol. The maximum absolute atomic E-state index is 12.5. The number of benzene rings is 2. The second-order valence-corrected chi connectivity index (χ2v) is 6.49. The van der Waals surface area contributed by atoms with Gasteiger partial charge in [-0.3, -0.25) is 0 Å². The van der Waals surface area contributed by atoms with Crippen molar-refractivity contribution in [2.45, 2.75) is 26.5 Å². The van der Waals surface area contributed by atoms with Crippen molar-refractivity contribution in [3.05, 3.63) is 70.9 Å². The van der Waals surface area contributed by atoms with Crippen LogP contribution in [0.1, 0.15) is 31.0 Å². The van der Waals surface area contributed by atoms with Gasteiger partial charge in [0, 0.05) is 5.70 Å². The van der Waals surface area contributed by atoms with Crippen LogP contribution in [0.15, 0.2) is 64.8 Å². The molecule has 1 heterocycles. The maximum Gasteiger partial charge on any atom is 0.338 e. The molecule has 0 spiro atoms. The molecule has 1 aliphatic rings. The Hall–Kier alpha value is -3.48. The van der Waals surface area contributed by atoms with Gasteiger partial charge in [0.2, 0.25) is 0 Å². The van der Waals surface area contributed by atoms with Gasteiger partial charge in [-0.15, -0.1) is 0 Å². The van der Waals surface area contributed by atoms with E-state index >= 15 is 0 Å². The second-order valence-electron chi connectivity index (χ2n) is 6.49. The molecular weight excluding hydrogens is 370 g/mol. The lowest BCUT2D eigenvalue weighted by Crippen LogP contribution is -2.37. The van der Waals surface area contributed by atoms with Crippen molar-refractivity contribution in [2.24, 2.45) is 10.7 Å². The quantitative estimate of drug-likeness (QED) is 0.700. The van der Waals surface area contributed by atoms with Crippen LogP contribution in [0.3, 0.4) is 0 Å². The monoisotopic (exact) mass is 395 g/mol. The van der Waals surface area contributed by atoms with Gasteiger partial charge in [-0.05, 0) is 37.1 Å². The molecule has 0 saturated heterocycles. The fourth-order valence-corrected chi connectivity index (χ4v) is 3.12. The minimum absolute atomic E-state index is 0.240. The third-order valence-corrected chi connectivity index (χ3v) is 4.50. The van der Waals surface area contributed by atoms with E-state index in [9.17, 15) is 4.79 Å². The van der Waals surface area contributed by atoms with Gasteiger partial charge in [0.05, 0.1) is 19.3 Å². The first-order chi connectivity index (χ1) is 14.0. The highest BCUT2D eigenvalue weighted by molar-refractivity contribution is 5.95. The number of guanidine groups is 1. The molecule has 0 fully saturated rings. The van der Waals surface area contributed by atoms with Gasteiger partial charge in [-0.1, -0.05) is 36.4 Å². The molecule has 0 aliphatic carbocycles. The summed E-state index contributed by atoms with van der Waals surface area (Å²) in [6.07, 6.45) is 0. The van der Waals surface area contributed by atoms with Gasteiger partial charge in [0.15, 0.2) is 17.5 Å². The molecule has 152 valence electrons. The van der Waals surface area contributed by atoms with Crippen LogP contribution in [0.25, 0.3) is 0 Å². The number of nitrogens with zero attached hydrogens (tertiary/aromatic N) is 1. The van der Waals surface area contributed by atoms with Crippen molar-refractivity contribution in [2.75, 3.05) is 13.7 Å². The van der Waals surface area contributed by atoms with E-state index in [0.717, 1.165) is 11.1 Å². The van der Waals surface area contributed by atoms with Crippen LogP contribution in [0.4, 0.5) is 0 Å². The third-order valence-electron chi connectivity index (χ3n) is 4.50. The number of methoxy groups -OCH3 is 1. The number of nitrogens with one attached hydrogen (secondary N) is 1. The van der Waals surface area contributed by atoms with Crippen molar-refractivity contribution in [1.82, 2.24) is 5.32 Å². The Kier molecular flexibility index (Phi) is 6.39. The average Bonchev–Trinajstić information content (AvgIpc) is 2.72. The molecule has 3 rings (SSSR count). The Bertz CT molecular complexity index is 938. The van der Waals surface area contributed by atoms with Gasteiger partial charge in [0.25, 0.3) is 0 Å². The van der Waals surface area contributed by atoms with E-state index in [1.165, 1.54) is 0 Å². The van der Waals surface area contributed by atoms with Gasteiger partial charge in [-0.25, -0.2) is 9.79 Å². The van der Waals surface area contributed by atoms with Crippen molar-refractivity contribution in [1.29, 1.82) is 0 Å². The molecule has 29 heavy (non-hydrogen) atoms. The topological polar surface area (TPSA) is 95.2 Å². The Labute approximate surface area is 170 Å². The Morgan fingerprint density at radius 2 is 1.93 bits per heavy atom. The van der Waals surface area contributed by atoms with Crippen LogP contribution in [0.2, 0.25) is 0 Å². The van der Waals surface area contributed by atoms with E-state index in [-0.39, 0.29) is 12.6 Å². The minimum Gasteiger partial charge on any atom is -0.493 e. The molecule has 1 atom stereocenters. The van der Waals surface area contributed by atoms with Crippen LogP contribution in [-0.4, -0.2) is 25.6 Å². The summed E-state index contributed by atoms with van der Waals surface area (Å²) in [5.74, 6) is 0.960. The summed E-state index contributed by atoms with van der Waals surface area (Å²) in [7, 11) is 1.57. The number of aliphatic imine (C=N–C) groups is 1. The number of allylic oxidation sites excluding steroid dienone is 1. The SMILES string of the molecule is CCOC(=O)C1=C(C)NC(N)=N[C@@H]1c1ccc(OCc2ccccc2)c(OC)c1. The van der Waals surface area contributed by atoms with Crippen molar-refractivity contribution in [3.63, 3.8) is 0 Å². The van der Waals surface area contributed by atoms with Crippen LogP contribution < -0.4 is 20.5 Å². The molecule has 0 bridgehead atoms. The summed E-state index contributed by atoms with van der Waals surface area (Å²) in [5, 5.41) is 2.90. The fourth-order valence-electron chi connectivity index (χ4n) is 3.12. The lowest BCUT2D eigenvalue weighted by molar-refractivity contribution is -0.138. The zero-order valence-electron chi connectivity index (χ0n) is 16.8. The van der Waals surface area contributed by atoms with Gasteiger partial charge < -0.3 is 25.3 Å². The Balaban J connectivity index is 1.89. The van der Waals surface area contributed by atoms with Crippen LogP contribution in [0, 0.1) is 0 Å². The zero-order chi connectivity index (χ0) is 20.8. The summed E-state index contributed by atoms with van der Waals surface area (Å²) in [6.45, 7) is 4.23. The lowest BCUT2D eigenvalue weighted by atomic mass is 9.96. The zero-order valence-corrected chi connectivity index (χ0v) is 16.8. The summed E-state index contributed by atoms with van der Waals surface area (Å²) in [5.41, 5.74) is 8.74. The predicted octanol–water partition coefficient (Wildman–Crippen LogP) is 3.07. The minimum atomic E-state index is -0.590. The van der Waals surface area contributed by atoms with Crippen molar-refractivity contribution < 1.29 is 19.0 Å². The van der Waals surface area contributed by atoms with E-state index in [4.69, 9.17) is 19.9 Å². The number of nitrogens with two attached hydrogens (primary N) is 1. The molecule has 1 aliphatic heterocycles. The number of hydrogen-bond donors (Lipinski definition) is 2. The van der Waals surface area contributed by atoms with Gasteiger partial charge in [0.1, 0.15) is 12.6 Å². The van der Waals surface area contributed by atoms with Crippen molar-refractivity contribution >= 4 is 11.9 Å². The largest absolute Gasteiger partial charge is 0.493 e. The molecule has 0 radical (unpaired) electrons. The molecule has 0 amide bonds. The van der Waals surface area contributed by atoms with Gasteiger partial charge >= 0.3 is 5.97 Å². The van der Waals surface area contributed by atoms with E-state index in [0.29, 0.717) is 29.4 Å². The van der Waals surface area contributed by atoms with E-state index in [1.807, 2.05) is 42.5 Å². The normalized spacial score (nSPS) is 16.0. The standard InChI is InChI=1S/C22H25N3O4/c1-4-28-21(26)19-14(2)24-22(23)25-20(19)16-10-11-17(18(12-16)27-3)29-13-15-8-6-5-7-9-15/h5-12,20H,4,13H2,1-3H3,(H3,23,24,25)/t20-/m1/s1. The number of carbonyl (C=O) groups excluding carboxylic acids is 1. The Morgan fingerprint density at radius 3 is 2.62 bits per heavy atom. The highest BCUT2D eigenvalue weighted by atomic mass is 16.5. The Morgan fingerprint density at radius 1 is 1.17 bits per heavy atom. The van der Waals surface area contributed by atoms with E-state index in [1.54, 1.807) is 27.0 Å². The summed E-state index contributed by atoms with van der Waals surface area (Å²) >= 11 is 0. The molecular formula is C22H25N3O4. The van der Waals surface area contributed by atoms with Crippen LogP contribution in [0.5, 0.6) is 11.5 Å². The van der Waals surface area contributed by atoms with Crippen molar-refractivity contribution in [3.8, 4) is 11.5 Å². The first kappa shape index (κ1) is 20.3. The molecule has 2 aromatic rings. The maximum atomic E-state index is 12.5. The van der Waals surface area contributed by atoms with Crippen LogP contribution >= 0.6 is 0 Å². The van der Waals surface area contributed by atoms with E-state index < -0.39 is 12.0 Å². The third kappa shape index (κ3) is 4.68. The summed E-state index contributed by atoms with van der Waals surface area (Å²) < 4.78 is 16.6. The molecule has 0 unspecified atom stereocenters. The molecule has 7 nitrogen and oxygen atoms in total. The molecule has 0 saturated carbocycles. The second kappa shape index (κ2) is 9.14. The molecule has 3 N–H and O–H groups in total. The van der Waals surface area contributed by atoms with Crippen LogP contribution in [-0.2, 0) is 16.1 Å². The summed E-state index contributed by atoms with van der Waals surface area (Å²) in [6, 6.07) is 14.7. The smallest absolute Gasteiger partial charge is 0.338 e. The molecule has 7 heteroatoms. The van der Waals surface area contributed by atoms with Gasteiger partial charge in [-0.2, -0.15) is 0 Å². The molecule has 2 aromatic carbocycles. The van der Waals surface area contributed by atoms with E-state index in [2.05, 4.69) is 10.3 Å². The number of hydrogen-bond acceptors (Lipinski definition) is 7.